The number of hydrogen-bond acceptors (Lipinski definition) is 3. The maximum atomic E-state index is 4.46. The second kappa shape index (κ2) is 10.6. The van der Waals surface area contributed by atoms with E-state index in [0.29, 0.717) is 0 Å². The minimum Gasteiger partial charge on any atom is -0.355 e. The van der Waals surface area contributed by atoms with E-state index in [1.807, 2.05) is 36.1 Å². The predicted octanol–water partition coefficient (Wildman–Crippen LogP) is 2.61. The van der Waals surface area contributed by atoms with Gasteiger partial charge in [-0.2, -0.15) is 5.10 Å². The molecule has 0 saturated carbocycles. The number of aromatic nitrogens is 2. The van der Waals surface area contributed by atoms with E-state index in [9.17, 15) is 0 Å². The lowest BCUT2D eigenvalue weighted by atomic mass is 10.3. The number of likely N-dealkylation sites (N-methyl/N-ethyl adjacent to an activating group) is 1. The molecule has 6 heteroatoms. The van der Waals surface area contributed by atoms with E-state index in [1.165, 1.54) is 12.8 Å². The lowest BCUT2D eigenvalue weighted by Gasteiger charge is -2.23. The maximum absolute atomic E-state index is 4.46. The Labute approximate surface area is 157 Å². The zero-order chi connectivity index (χ0) is 18.8. The van der Waals surface area contributed by atoms with Gasteiger partial charge < -0.3 is 15.1 Å². The van der Waals surface area contributed by atoms with Crippen molar-refractivity contribution in [3.05, 3.63) is 48.3 Å². The summed E-state index contributed by atoms with van der Waals surface area (Å²) in [4.78, 5) is 8.87. The van der Waals surface area contributed by atoms with Gasteiger partial charge in [-0.3, -0.25) is 4.99 Å². The van der Waals surface area contributed by atoms with Crippen LogP contribution in [0.3, 0.4) is 0 Å². The molecule has 0 aliphatic heterocycles. The van der Waals surface area contributed by atoms with Gasteiger partial charge in [-0.25, -0.2) is 4.68 Å². The van der Waals surface area contributed by atoms with Crippen LogP contribution in [0, 0.1) is 0 Å². The summed E-state index contributed by atoms with van der Waals surface area (Å²) < 4.78 is 1.90. The summed E-state index contributed by atoms with van der Waals surface area (Å²) in [5.41, 5.74) is 2.22. The number of para-hydroxylation sites is 1. The molecule has 26 heavy (non-hydrogen) atoms. The normalized spacial score (nSPS) is 11.8. The molecule has 1 aromatic carbocycles. The first-order valence-electron chi connectivity index (χ1n) is 9.33. The first kappa shape index (κ1) is 20.0. The van der Waals surface area contributed by atoms with Crippen molar-refractivity contribution in [1.29, 1.82) is 0 Å². The molecule has 1 N–H and O–H groups in total. The number of aliphatic imine (C=N–C) groups is 1. The standard InChI is InChI=1S/C20H32N6/c1-5-6-13-24(3)14-12-22-20(21-2)25(4)16-18-15-23-26(17-18)19-10-8-7-9-11-19/h7-11,15,17H,5-6,12-14,16H2,1-4H3,(H,21,22). The van der Waals surface area contributed by atoms with Crippen LogP contribution in [0.5, 0.6) is 0 Å². The topological polar surface area (TPSA) is 48.7 Å². The predicted molar refractivity (Wildman–Crippen MR) is 109 cm³/mol. The van der Waals surface area contributed by atoms with Gasteiger partial charge in [0.05, 0.1) is 11.9 Å². The van der Waals surface area contributed by atoms with Gasteiger partial charge in [0.1, 0.15) is 0 Å². The number of rotatable bonds is 9. The van der Waals surface area contributed by atoms with E-state index in [0.717, 1.165) is 43.4 Å². The highest BCUT2D eigenvalue weighted by Gasteiger charge is 2.09. The largest absolute Gasteiger partial charge is 0.355 e. The summed E-state index contributed by atoms with van der Waals surface area (Å²) in [7, 11) is 6.05. The summed E-state index contributed by atoms with van der Waals surface area (Å²) in [5, 5.41) is 7.90. The Balaban J connectivity index is 1.83. The molecule has 1 aromatic heterocycles. The Morgan fingerprint density at radius 1 is 1.19 bits per heavy atom. The third kappa shape index (κ3) is 6.19. The highest BCUT2D eigenvalue weighted by atomic mass is 15.3. The van der Waals surface area contributed by atoms with Crippen LogP contribution >= 0.6 is 0 Å². The fourth-order valence-corrected chi connectivity index (χ4v) is 2.80. The SMILES string of the molecule is CCCCN(C)CCNC(=NC)N(C)Cc1cnn(-c2ccccc2)c1. The van der Waals surface area contributed by atoms with Gasteiger partial charge in [0.2, 0.25) is 0 Å². The summed E-state index contributed by atoms with van der Waals surface area (Å²) in [6.07, 6.45) is 6.46. The Morgan fingerprint density at radius 2 is 1.96 bits per heavy atom. The van der Waals surface area contributed by atoms with Crippen molar-refractivity contribution in [1.82, 2.24) is 24.9 Å². The van der Waals surface area contributed by atoms with Gasteiger partial charge in [0.15, 0.2) is 5.96 Å². The first-order chi connectivity index (χ1) is 12.6. The molecule has 2 aromatic rings. The van der Waals surface area contributed by atoms with Crippen LogP contribution in [0.2, 0.25) is 0 Å². The zero-order valence-corrected chi connectivity index (χ0v) is 16.5. The van der Waals surface area contributed by atoms with Crippen LogP contribution in [0.15, 0.2) is 47.7 Å². The molecule has 0 radical (unpaired) electrons. The number of guanidine groups is 1. The van der Waals surface area contributed by atoms with E-state index < -0.39 is 0 Å². The smallest absolute Gasteiger partial charge is 0.193 e. The van der Waals surface area contributed by atoms with Gasteiger partial charge in [0.25, 0.3) is 0 Å². The Hall–Kier alpha value is -2.34. The van der Waals surface area contributed by atoms with Crippen molar-refractivity contribution in [3.63, 3.8) is 0 Å². The van der Waals surface area contributed by atoms with E-state index in [2.05, 4.69) is 64.6 Å². The molecule has 2 rings (SSSR count). The fraction of sp³-hybridized carbons (Fsp3) is 0.500. The average Bonchev–Trinajstić information content (AvgIpc) is 3.12. The molecule has 0 spiro atoms. The van der Waals surface area contributed by atoms with E-state index in [4.69, 9.17) is 0 Å². The highest BCUT2D eigenvalue weighted by Crippen LogP contribution is 2.09. The molecule has 0 amide bonds. The first-order valence-corrected chi connectivity index (χ1v) is 9.33. The summed E-state index contributed by atoms with van der Waals surface area (Å²) in [5.74, 6) is 0.904. The average molecular weight is 357 g/mol. The molecule has 0 aliphatic carbocycles. The van der Waals surface area contributed by atoms with Crippen LogP contribution in [-0.4, -0.2) is 66.3 Å². The molecule has 1 heterocycles. The number of benzene rings is 1. The second-order valence-electron chi connectivity index (χ2n) is 6.62. The Morgan fingerprint density at radius 3 is 2.65 bits per heavy atom. The molecule has 0 fully saturated rings. The molecule has 6 nitrogen and oxygen atoms in total. The molecule has 142 valence electrons. The molecule has 0 bridgehead atoms. The van der Waals surface area contributed by atoms with Crippen LogP contribution in [0.4, 0.5) is 0 Å². The van der Waals surface area contributed by atoms with Crippen molar-refractivity contribution >= 4 is 5.96 Å². The quantitative estimate of drug-likeness (QED) is 0.554. The Kier molecular flexibility index (Phi) is 8.15. The number of hydrogen-bond donors (Lipinski definition) is 1. The van der Waals surface area contributed by atoms with Gasteiger partial charge >= 0.3 is 0 Å². The highest BCUT2D eigenvalue weighted by molar-refractivity contribution is 5.79. The molecule has 0 atom stereocenters. The summed E-state index contributed by atoms with van der Waals surface area (Å²) in [6.45, 7) is 6.03. The zero-order valence-electron chi connectivity index (χ0n) is 16.5. The van der Waals surface area contributed by atoms with Gasteiger partial charge in [0, 0.05) is 45.5 Å². The summed E-state index contributed by atoms with van der Waals surface area (Å²) >= 11 is 0. The molecule has 0 unspecified atom stereocenters. The van der Waals surface area contributed by atoms with Gasteiger partial charge in [-0.05, 0) is 32.1 Å². The van der Waals surface area contributed by atoms with Gasteiger partial charge in [-0.1, -0.05) is 31.5 Å². The number of nitrogens with zero attached hydrogens (tertiary/aromatic N) is 5. The van der Waals surface area contributed by atoms with Crippen molar-refractivity contribution in [2.75, 3.05) is 40.8 Å². The third-order valence-corrected chi connectivity index (χ3v) is 4.32. The number of unbranched alkanes of at least 4 members (excludes halogenated alkanes) is 1. The Bertz CT molecular complexity index is 664. The number of nitrogens with one attached hydrogen (secondary N) is 1. The van der Waals surface area contributed by atoms with Crippen molar-refractivity contribution < 1.29 is 0 Å². The lowest BCUT2D eigenvalue weighted by molar-refractivity contribution is 0.330. The third-order valence-electron chi connectivity index (χ3n) is 4.32. The van der Waals surface area contributed by atoms with Crippen molar-refractivity contribution in [2.24, 2.45) is 4.99 Å². The van der Waals surface area contributed by atoms with Crippen LogP contribution in [-0.2, 0) is 6.54 Å². The second-order valence-corrected chi connectivity index (χ2v) is 6.62. The lowest BCUT2D eigenvalue weighted by Crippen LogP contribution is -2.41. The van der Waals surface area contributed by atoms with Crippen LogP contribution < -0.4 is 5.32 Å². The summed E-state index contributed by atoms with van der Waals surface area (Å²) in [6, 6.07) is 10.2. The van der Waals surface area contributed by atoms with E-state index in [-0.39, 0.29) is 0 Å². The van der Waals surface area contributed by atoms with Crippen LogP contribution in [0.1, 0.15) is 25.3 Å². The maximum Gasteiger partial charge on any atom is 0.193 e. The van der Waals surface area contributed by atoms with Crippen molar-refractivity contribution in [3.8, 4) is 5.69 Å². The van der Waals surface area contributed by atoms with Crippen molar-refractivity contribution in [2.45, 2.75) is 26.3 Å². The van der Waals surface area contributed by atoms with Crippen LogP contribution in [0.25, 0.3) is 5.69 Å². The minimum atomic E-state index is 0.762. The monoisotopic (exact) mass is 356 g/mol. The molecule has 0 saturated heterocycles. The molecule has 0 aliphatic rings. The fourth-order valence-electron chi connectivity index (χ4n) is 2.80. The molecular formula is C20H32N6. The molecular weight excluding hydrogens is 324 g/mol. The van der Waals surface area contributed by atoms with E-state index in [1.54, 1.807) is 0 Å². The van der Waals surface area contributed by atoms with E-state index >= 15 is 0 Å². The minimum absolute atomic E-state index is 0.762. The van der Waals surface area contributed by atoms with Gasteiger partial charge in [-0.15, -0.1) is 0 Å².